The summed E-state index contributed by atoms with van der Waals surface area (Å²) in [6, 6.07) is 28.6. The van der Waals surface area contributed by atoms with Crippen molar-refractivity contribution < 1.29 is 34.7 Å². The number of anilines is 2. The first-order valence-electron chi connectivity index (χ1n) is 13.8. The lowest BCUT2D eigenvalue weighted by Gasteiger charge is -2.23. The Balaban J connectivity index is 1.34. The average Bonchev–Trinajstić information content (AvgIpc) is 3.02. The minimum Gasteiger partial charge on any atom is -0.457 e. The number of aliphatic hydroxyl groups is 4. The zero-order chi connectivity index (χ0) is 29.7. The molecule has 0 amide bonds. The van der Waals surface area contributed by atoms with E-state index >= 15 is 0 Å². The van der Waals surface area contributed by atoms with Crippen LogP contribution >= 0.6 is 0 Å². The summed E-state index contributed by atoms with van der Waals surface area (Å²) in [5.74, 6) is 2.31. The minimum atomic E-state index is -0.123. The van der Waals surface area contributed by atoms with Gasteiger partial charge in [0, 0.05) is 48.7 Å². The maximum Gasteiger partial charge on any atom is 0.193 e. The quantitative estimate of drug-likeness (QED) is 0.147. The van der Waals surface area contributed by atoms with Crippen LogP contribution < -0.4 is 19.3 Å². The molecule has 0 aromatic heterocycles. The number of ketones is 1. The van der Waals surface area contributed by atoms with Crippen molar-refractivity contribution in [2.75, 3.05) is 62.4 Å². The van der Waals surface area contributed by atoms with Crippen LogP contribution in [0.15, 0.2) is 97.1 Å². The number of hydrogen-bond donors (Lipinski definition) is 4. The van der Waals surface area contributed by atoms with Gasteiger partial charge < -0.3 is 39.7 Å². The SMILES string of the molecule is O=C(c1ccc(Oc2ccc(N(CCO)CCO)cc2)cc1)c1ccc(Oc2ccc(N(CCO)CCO)cc2)cc1. The van der Waals surface area contributed by atoms with Crippen molar-refractivity contribution in [1.82, 2.24) is 0 Å². The van der Waals surface area contributed by atoms with Crippen molar-refractivity contribution >= 4 is 17.2 Å². The molecule has 0 saturated heterocycles. The Bertz CT molecular complexity index is 1260. The first kappa shape index (κ1) is 30.5. The molecule has 4 rings (SSSR count). The molecule has 0 unspecified atom stereocenters. The van der Waals surface area contributed by atoms with Crippen LogP contribution in [0.1, 0.15) is 15.9 Å². The van der Waals surface area contributed by atoms with Crippen LogP contribution in [0.25, 0.3) is 0 Å². The summed E-state index contributed by atoms with van der Waals surface area (Å²) in [5.41, 5.74) is 2.81. The summed E-state index contributed by atoms with van der Waals surface area (Å²) in [6.07, 6.45) is 0. The van der Waals surface area contributed by atoms with E-state index in [2.05, 4.69) is 0 Å². The highest BCUT2D eigenvalue weighted by Crippen LogP contribution is 2.27. The van der Waals surface area contributed by atoms with Gasteiger partial charge in [0.1, 0.15) is 23.0 Å². The Morgan fingerprint density at radius 3 is 0.976 bits per heavy atom. The second kappa shape index (κ2) is 15.6. The molecule has 4 aromatic carbocycles. The van der Waals surface area contributed by atoms with E-state index in [0.717, 1.165) is 11.4 Å². The number of nitrogens with zero attached hydrogens (tertiary/aromatic N) is 2. The number of aliphatic hydroxyl groups excluding tert-OH is 4. The molecule has 0 bridgehead atoms. The number of rotatable bonds is 16. The molecule has 4 N–H and O–H groups in total. The van der Waals surface area contributed by atoms with Gasteiger partial charge in [-0.25, -0.2) is 0 Å². The van der Waals surface area contributed by atoms with Crippen LogP contribution in [0, 0.1) is 0 Å². The molecule has 9 nitrogen and oxygen atoms in total. The third kappa shape index (κ3) is 8.31. The summed E-state index contributed by atoms with van der Waals surface area (Å²) in [4.78, 5) is 16.8. The normalized spacial score (nSPS) is 10.8. The van der Waals surface area contributed by atoms with E-state index in [1.807, 2.05) is 58.3 Å². The van der Waals surface area contributed by atoms with E-state index in [0.29, 0.717) is 60.3 Å². The molecular formula is C33H36N2O7. The van der Waals surface area contributed by atoms with Crippen LogP contribution in [0.4, 0.5) is 11.4 Å². The summed E-state index contributed by atoms with van der Waals surface area (Å²) >= 11 is 0. The van der Waals surface area contributed by atoms with E-state index in [1.165, 1.54) is 0 Å². The smallest absolute Gasteiger partial charge is 0.193 e. The standard InChI is InChI=1S/C33H36N2O7/c36-21-17-34(18-22-37)27-5-13-31(14-6-27)41-29-9-1-25(2-10-29)33(40)26-3-11-30(12-4-26)42-32-15-7-28(8-16-32)35(19-23-38)20-24-39/h1-16,36-39H,17-24H2. The fourth-order valence-corrected chi connectivity index (χ4v) is 4.46. The van der Waals surface area contributed by atoms with Crippen LogP contribution in [0.5, 0.6) is 23.0 Å². The predicted octanol–water partition coefficient (Wildman–Crippen LogP) is 4.08. The molecule has 42 heavy (non-hydrogen) atoms. The van der Waals surface area contributed by atoms with Crippen LogP contribution in [-0.4, -0.2) is 78.8 Å². The number of carbonyl (C=O) groups excluding carboxylic acids is 1. The van der Waals surface area contributed by atoms with Crippen molar-refractivity contribution in [1.29, 1.82) is 0 Å². The van der Waals surface area contributed by atoms with Gasteiger partial charge in [0.05, 0.1) is 26.4 Å². The molecule has 0 fully saturated rings. The lowest BCUT2D eigenvalue weighted by atomic mass is 10.0. The van der Waals surface area contributed by atoms with Gasteiger partial charge >= 0.3 is 0 Å². The van der Waals surface area contributed by atoms with Crippen molar-refractivity contribution in [2.45, 2.75) is 0 Å². The lowest BCUT2D eigenvalue weighted by molar-refractivity contribution is 0.103. The van der Waals surface area contributed by atoms with Crippen LogP contribution in [0.2, 0.25) is 0 Å². The topological polar surface area (TPSA) is 123 Å². The van der Waals surface area contributed by atoms with Gasteiger partial charge in [0.15, 0.2) is 5.78 Å². The van der Waals surface area contributed by atoms with Gasteiger partial charge in [0.2, 0.25) is 0 Å². The summed E-state index contributed by atoms with van der Waals surface area (Å²) in [5, 5.41) is 36.9. The zero-order valence-electron chi connectivity index (χ0n) is 23.3. The first-order chi connectivity index (χ1) is 20.5. The molecule has 220 valence electrons. The predicted molar refractivity (Wildman–Crippen MR) is 162 cm³/mol. The van der Waals surface area contributed by atoms with Crippen LogP contribution in [0.3, 0.4) is 0 Å². The summed E-state index contributed by atoms with van der Waals surface area (Å²) in [7, 11) is 0. The molecular weight excluding hydrogens is 536 g/mol. The van der Waals surface area contributed by atoms with Gasteiger partial charge in [-0.2, -0.15) is 0 Å². The molecule has 0 saturated carbocycles. The molecule has 0 aliphatic carbocycles. The second-order valence-electron chi connectivity index (χ2n) is 9.44. The number of carbonyl (C=O) groups is 1. The number of benzene rings is 4. The fourth-order valence-electron chi connectivity index (χ4n) is 4.46. The van der Waals surface area contributed by atoms with E-state index in [9.17, 15) is 25.2 Å². The largest absolute Gasteiger partial charge is 0.457 e. The monoisotopic (exact) mass is 572 g/mol. The van der Waals surface area contributed by atoms with Crippen molar-refractivity contribution in [3.8, 4) is 23.0 Å². The Labute approximate surface area is 245 Å². The average molecular weight is 573 g/mol. The Hall–Kier alpha value is -4.41. The van der Waals surface area contributed by atoms with Gasteiger partial charge in [-0.05, 0) is 97.1 Å². The van der Waals surface area contributed by atoms with Crippen molar-refractivity contribution in [3.05, 3.63) is 108 Å². The summed E-state index contributed by atoms with van der Waals surface area (Å²) < 4.78 is 11.8. The summed E-state index contributed by atoms with van der Waals surface area (Å²) in [6.45, 7) is 1.70. The number of hydrogen-bond acceptors (Lipinski definition) is 9. The minimum absolute atomic E-state index is 0.00471. The van der Waals surface area contributed by atoms with Gasteiger partial charge in [0.25, 0.3) is 0 Å². The third-order valence-electron chi connectivity index (χ3n) is 6.59. The maximum absolute atomic E-state index is 13.0. The van der Waals surface area contributed by atoms with Crippen molar-refractivity contribution in [2.24, 2.45) is 0 Å². The Kier molecular flexibility index (Phi) is 11.3. The lowest BCUT2D eigenvalue weighted by Crippen LogP contribution is -2.29. The first-order valence-corrected chi connectivity index (χ1v) is 13.8. The second-order valence-corrected chi connectivity index (χ2v) is 9.44. The molecule has 4 aromatic rings. The van der Waals surface area contributed by atoms with E-state index < -0.39 is 0 Å². The molecule has 0 radical (unpaired) electrons. The zero-order valence-corrected chi connectivity index (χ0v) is 23.3. The molecule has 0 atom stereocenters. The van der Waals surface area contributed by atoms with Crippen LogP contribution in [-0.2, 0) is 0 Å². The molecule has 9 heteroatoms. The van der Waals surface area contributed by atoms with Gasteiger partial charge in [-0.1, -0.05) is 0 Å². The molecule has 0 aliphatic heterocycles. The molecule has 0 spiro atoms. The Morgan fingerprint density at radius 1 is 0.452 bits per heavy atom. The van der Waals surface area contributed by atoms with Gasteiger partial charge in [-0.3, -0.25) is 4.79 Å². The van der Waals surface area contributed by atoms with E-state index in [4.69, 9.17) is 9.47 Å². The highest BCUT2D eigenvalue weighted by molar-refractivity contribution is 6.09. The van der Waals surface area contributed by atoms with Gasteiger partial charge in [-0.15, -0.1) is 0 Å². The highest BCUT2D eigenvalue weighted by atomic mass is 16.5. The number of ether oxygens (including phenoxy) is 2. The third-order valence-corrected chi connectivity index (χ3v) is 6.59. The highest BCUT2D eigenvalue weighted by Gasteiger charge is 2.11. The molecule has 0 aliphatic rings. The van der Waals surface area contributed by atoms with E-state index in [1.54, 1.807) is 48.5 Å². The fraction of sp³-hybridized carbons (Fsp3) is 0.242. The van der Waals surface area contributed by atoms with E-state index in [-0.39, 0.29) is 32.2 Å². The molecule has 0 heterocycles. The van der Waals surface area contributed by atoms with Crippen molar-refractivity contribution in [3.63, 3.8) is 0 Å². The maximum atomic E-state index is 13.0. The Morgan fingerprint density at radius 2 is 0.714 bits per heavy atom.